The van der Waals surface area contributed by atoms with E-state index in [0.29, 0.717) is 29.6 Å². The van der Waals surface area contributed by atoms with Crippen LogP contribution in [-0.4, -0.2) is 22.2 Å². The van der Waals surface area contributed by atoms with Gasteiger partial charge in [0.1, 0.15) is 0 Å². The van der Waals surface area contributed by atoms with Crippen LogP contribution in [0.4, 0.5) is 0 Å². The van der Waals surface area contributed by atoms with Gasteiger partial charge < -0.3 is 5.11 Å². The van der Waals surface area contributed by atoms with Crippen LogP contribution in [0.15, 0.2) is 11.6 Å². The first-order chi connectivity index (χ1) is 14.6. The Balaban J connectivity index is 1.57. The van der Waals surface area contributed by atoms with Crippen molar-refractivity contribution in [1.82, 2.24) is 0 Å². The van der Waals surface area contributed by atoms with E-state index in [1.165, 1.54) is 44.9 Å². The monoisotopic (exact) mass is 431 g/mol. The number of aliphatic hydroxyl groups is 1. The molecule has 0 radical (unpaired) electrons. The molecule has 0 aliphatic heterocycles. The Morgan fingerprint density at radius 3 is 2.52 bits per heavy atom. The Kier molecular flexibility index (Phi) is 6.35. The minimum Gasteiger partial charge on any atom is -0.389 e. The summed E-state index contributed by atoms with van der Waals surface area (Å²) in [6.45, 7) is 12.0. The largest absolute Gasteiger partial charge is 0.389 e. The molecule has 1 N–H and O–H groups in total. The molecule has 0 aromatic carbocycles. The smallest absolute Gasteiger partial charge is 0.235 e. The fourth-order valence-electron chi connectivity index (χ4n) is 8.98. The first-order valence-corrected chi connectivity index (χ1v) is 13.1. The van der Waals surface area contributed by atoms with Crippen molar-refractivity contribution in [2.24, 2.45) is 46.3 Å². The molecule has 0 aromatic heterocycles. The number of rotatable bonds is 6. The van der Waals surface area contributed by atoms with Crippen LogP contribution in [0.25, 0.3) is 0 Å². The average Bonchev–Trinajstić information content (AvgIpc) is 3.05. The third kappa shape index (κ3) is 3.89. The quantitative estimate of drug-likeness (QED) is 0.291. The molecule has 0 aromatic rings. The maximum atomic E-state index is 12.1. The van der Waals surface area contributed by atoms with Gasteiger partial charge in [0, 0.05) is 16.9 Å². The Morgan fingerprint density at radius 1 is 1.10 bits per heavy atom. The highest BCUT2D eigenvalue weighted by Gasteiger charge is 2.62. The lowest BCUT2D eigenvalue weighted by molar-refractivity contribution is -0.521. The lowest BCUT2D eigenvalue weighted by Gasteiger charge is -2.59. The molecule has 4 aliphatic rings. The van der Waals surface area contributed by atoms with Gasteiger partial charge in [-0.05, 0) is 90.9 Å². The van der Waals surface area contributed by atoms with Crippen LogP contribution >= 0.6 is 0 Å². The van der Waals surface area contributed by atoms with Gasteiger partial charge in [-0.15, -0.1) is 0 Å². The SMILES string of the molecule is CC(C)CCC[C@H](C)[C@H]1CC[C@H]2[C@@H]3C[C@@H]([N+](=O)[O-])C4=C[C@H](O)CC[C@]4(C)[C@H]3CC[C@]12C. The highest BCUT2D eigenvalue weighted by Crippen LogP contribution is 2.68. The molecule has 0 saturated heterocycles. The van der Waals surface area contributed by atoms with E-state index in [9.17, 15) is 15.2 Å². The van der Waals surface area contributed by atoms with Gasteiger partial charge in [-0.2, -0.15) is 0 Å². The van der Waals surface area contributed by atoms with Gasteiger partial charge in [0.05, 0.1) is 6.10 Å². The van der Waals surface area contributed by atoms with Gasteiger partial charge in [-0.25, -0.2) is 0 Å². The van der Waals surface area contributed by atoms with Crippen molar-refractivity contribution in [1.29, 1.82) is 0 Å². The Morgan fingerprint density at radius 2 is 1.84 bits per heavy atom. The number of nitrogens with zero attached hydrogens (tertiary/aromatic N) is 1. The summed E-state index contributed by atoms with van der Waals surface area (Å²) >= 11 is 0. The summed E-state index contributed by atoms with van der Waals surface area (Å²) in [5.41, 5.74) is 1.21. The molecular formula is C27H45NO3. The summed E-state index contributed by atoms with van der Waals surface area (Å²) in [5, 5.41) is 22.4. The molecular weight excluding hydrogens is 386 g/mol. The molecule has 3 fully saturated rings. The molecule has 0 amide bonds. The van der Waals surface area contributed by atoms with Crippen molar-refractivity contribution in [3.05, 3.63) is 21.8 Å². The summed E-state index contributed by atoms with van der Waals surface area (Å²) in [4.78, 5) is 12.1. The molecule has 3 saturated carbocycles. The van der Waals surface area contributed by atoms with Gasteiger partial charge >= 0.3 is 0 Å². The van der Waals surface area contributed by atoms with Crippen molar-refractivity contribution in [2.75, 3.05) is 0 Å². The Bertz CT molecular complexity index is 717. The molecule has 9 atom stereocenters. The highest BCUT2D eigenvalue weighted by atomic mass is 16.6. The number of nitro groups is 1. The van der Waals surface area contributed by atoms with E-state index in [1.807, 2.05) is 6.08 Å². The van der Waals surface area contributed by atoms with E-state index in [1.54, 1.807) is 0 Å². The van der Waals surface area contributed by atoms with Crippen molar-refractivity contribution >= 4 is 0 Å². The summed E-state index contributed by atoms with van der Waals surface area (Å²) < 4.78 is 0. The zero-order valence-corrected chi connectivity index (χ0v) is 20.5. The lowest BCUT2D eigenvalue weighted by Crippen LogP contribution is -2.55. The minimum atomic E-state index is -0.592. The molecule has 0 bridgehead atoms. The third-order valence-corrected chi connectivity index (χ3v) is 10.6. The van der Waals surface area contributed by atoms with Crippen LogP contribution in [0.1, 0.15) is 98.8 Å². The summed E-state index contributed by atoms with van der Waals surface area (Å²) in [7, 11) is 0. The average molecular weight is 432 g/mol. The number of hydrogen-bond donors (Lipinski definition) is 1. The van der Waals surface area contributed by atoms with Crippen LogP contribution in [0.3, 0.4) is 0 Å². The normalized spacial score (nSPS) is 45.5. The Labute approximate surface area is 189 Å². The predicted octanol–water partition coefficient (Wildman–Crippen LogP) is 6.64. The molecule has 4 nitrogen and oxygen atoms in total. The van der Waals surface area contributed by atoms with E-state index in [-0.39, 0.29) is 10.3 Å². The van der Waals surface area contributed by atoms with Crippen molar-refractivity contribution < 1.29 is 10.0 Å². The standard InChI is InChI=1S/C27H45NO3/c1-17(2)7-6-8-18(3)21-9-10-22-20-16-25(28(30)31)24-15-19(29)11-13-27(24,5)23(20)12-14-26(21,22)4/h15,17-23,25,29H,6-14,16H2,1-5H3/t18-,19+,20-,21+,22-,23-,25+,26+,27+/m0/s1. The van der Waals surface area contributed by atoms with E-state index in [0.717, 1.165) is 36.2 Å². The van der Waals surface area contributed by atoms with E-state index < -0.39 is 12.1 Å². The second kappa shape index (κ2) is 8.47. The number of hydrogen-bond acceptors (Lipinski definition) is 3. The third-order valence-electron chi connectivity index (χ3n) is 10.6. The number of aliphatic hydroxyl groups excluding tert-OH is 1. The van der Waals surface area contributed by atoms with Gasteiger partial charge in [0.15, 0.2) is 0 Å². The molecule has 0 unspecified atom stereocenters. The predicted molar refractivity (Wildman–Crippen MR) is 125 cm³/mol. The maximum Gasteiger partial charge on any atom is 0.235 e. The van der Waals surface area contributed by atoms with Crippen molar-refractivity contribution in [3.8, 4) is 0 Å². The summed E-state index contributed by atoms with van der Waals surface area (Å²) in [6, 6.07) is -0.592. The minimum absolute atomic E-state index is 0.0364. The second-order valence-electron chi connectivity index (χ2n) is 12.6. The molecule has 4 aliphatic carbocycles. The van der Waals surface area contributed by atoms with Gasteiger partial charge in [0.25, 0.3) is 0 Å². The molecule has 4 heteroatoms. The Hall–Kier alpha value is -0.900. The fraction of sp³-hybridized carbons (Fsp3) is 0.926. The van der Waals surface area contributed by atoms with Crippen LogP contribution in [0.2, 0.25) is 0 Å². The lowest BCUT2D eigenvalue weighted by atomic mass is 9.45. The summed E-state index contributed by atoms with van der Waals surface area (Å²) in [6.07, 6.45) is 12.8. The van der Waals surface area contributed by atoms with Crippen LogP contribution in [0.5, 0.6) is 0 Å². The van der Waals surface area contributed by atoms with Gasteiger partial charge in [-0.1, -0.05) is 53.9 Å². The maximum absolute atomic E-state index is 12.1. The first kappa shape index (κ1) is 23.3. The summed E-state index contributed by atoms with van der Waals surface area (Å²) in [5.74, 6) is 3.98. The molecule has 4 rings (SSSR count). The van der Waals surface area contributed by atoms with E-state index in [4.69, 9.17) is 0 Å². The second-order valence-corrected chi connectivity index (χ2v) is 12.6. The van der Waals surface area contributed by atoms with Crippen LogP contribution in [0, 0.1) is 56.5 Å². The van der Waals surface area contributed by atoms with Gasteiger partial charge in [0.2, 0.25) is 6.04 Å². The highest BCUT2D eigenvalue weighted by molar-refractivity contribution is 5.29. The van der Waals surface area contributed by atoms with Crippen molar-refractivity contribution in [3.63, 3.8) is 0 Å². The molecule has 31 heavy (non-hydrogen) atoms. The van der Waals surface area contributed by atoms with Gasteiger partial charge in [-0.3, -0.25) is 10.1 Å². The molecule has 0 heterocycles. The number of fused-ring (bicyclic) bond motifs is 5. The fourth-order valence-corrected chi connectivity index (χ4v) is 8.98. The van der Waals surface area contributed by atoms with Crippen LogP contribution < -0.4 is 0 Å². The molecule has 0 spiro atoms. The first-order valence-electron chi connectivity index (χ1n) is 13.1. The van der Waals surface area contributed by atoms with Crippen molar-refractivity contribution in [2.45, 2.75) is 111 Å². The van der Waals surface area contributed by atoms with E-state index >= 15 is 0 Å². The van der Waals surface area contributed by atoms with Crippen LogP contribution in [-0.2, 0) is 0 Å². The topological polar surface area (TPSA) is 63.4 Å². The zero-order chi connectivity index (χ0) is 22.6. The molecule has 176 valence electrons. The zero-order valence-electron chi connectivity index (χ0n) is 20.5. The van der Waals surface area contributed by atoms with E-state index in [2.05, 4.69) is 34.6 Å².